The first kappa shape index (κ1) is 27.0. The first-order valence-electron chi connectivity index (χ1n) is 12.8. The minimum absolute atomic E-state index is 0.00581. The predicted molar refractivity (Wildman–Crippen MR) is 150 cm³/mol. The average Bonchev–Trinajstić information content (AvgIpc) is 3.28. The van der Waals surface area contributed by atoms with Gasteiger partial charge >= 0.3 is 0 Å². The van der Waals surface area contributed by atoms with Gasteiger partial charge in [-0.1, -0.05) is 17.7 Å². The molecule has 2 aliphatic rings. The maximum absolute atomic E-state index is 13.6. The maximum Gasteiger partial charge on any atom is 0.246 e. The Morgan fingerprint density at radius 3 is 2.87 bits per heavy atom. The zero-order valence-electron chi connectivity index (χ0n) is 21.6. The number of halogens is 2. The van der Waals surface area contributed by atoms with Crippen LogP contribution in [0, 0.1) is 5.82 Å². The van der Waals surface area contributed by atoms with E-state index in [4.69, 9.17) is 16.3 Å². The monoisotopic (exact) mass is 558 g/mol. The minimum atomic E-state index is -0.468. The molecule has 38 heavy (non-hydrogen) atoms. The Balaban J connectivity index is 1.20. The third-order valence-corrected chi connectivity index (χ3v) is 8.23. The number of amides is 1. The van der Waals surface area contributed by atoms with Crippen molar-refractivity contribution in [2.24, 2.45) is 0 Å². The summed E-state index contributed by atoms with van der Waals surface area (Å²) in [6.07, 6.45) is 5.80. The van der Waals surface area contributed by atoms with Gasteiger partial charge in [0.25, 0.3) is 0 Å². The molecule has 3 aromatic rings. The fraction of sp³-hybridized carbons (Fsp3) is 0.444. The van der Waals surface area contributed by atoms with Crippen molar-refractivity contribution in [1.82, 2.24) is 25.1 Å². The van der Waals surface area contributed by atoms with Crippen LogP contribution in [0.2, 0.25) is 5.02 Å². The molecule has 0 bridgehead atoms. The molecular weight excluding hydrogens is 527 g/mol. The summed E-state index contributed by atoms with van der Waals surface area (Å²) < 4.78 is 19.0. The highest BCUT2D eigenvalue weighted by molar-refractivity contribution is 7.19. The van der Waals surface area contributed by atoms with Gasteiger partial charge in [0.15, 0.2) is 0 Å². The van der Waals surface area contributed by atoms with Gasteiger partial charge in [0.05, 0.1) is 30.2 Å². The molecule has 0 radical (unpaired) electrons. The molecule has 4 heterocycles. The van der Waals surface area contributed by atoms with E-state index in [1.165, 1.54) is 18.5 Å². The van der Waals surface area contributed by atoms with Crippen molar-refractivity contribution in [1.29, 1.82) is 0 Å². The number of benzene rings is 1. The van der Waals surface area contributed by atoms with Crippen LogP contribution in [0.3, 0.4) is 0 Å². The van der Waals surface area contributed by atoms with Gasteiger partial charge in [-0.3, -0.25) is 9.69 Å². The Morgan fingerprint density at radius 1 is 1.26 bits per heavy atom. The number of nitrogens with one attached hydrogen (secondary N) is 2. The smallest absolute Gasteiger partial charge is 0.246 e. The summed E-state index contributed by atoms with van der Waals surface area (Å²) in [5, 5.41) is 7.79. The number of hydrogen-bond acceptors (Lipinski definition) is 8. The predicted octanol–water partition coefficient (Wildman–Crippen LogP) is 4.37. The number of nitrogens with zero attached hydrogens (tertiary/aromatic N) is 4. The summed E-state index contributed by atoms with van der Waals surface area (Å²) in [5.41, 5.74) is 1.74. The van der Waals surface area contributed by atoms with Crippen LogP contribution in [0.15, 0.2) is 36.7 Å². The summed E-state index contributed by atoms with van der Waals surface area (Å²) in [7, 11) is 0. The van der Waals surface area contributed by atoms with Crippen molar-refractivity contribution in [3.05, 3.63) is 58.0 Å². The molecular formula is C27H32ClFN6O2S. The zero-order valence-corrected chi connectivity index (χ0v) is 23.2. The van der Waals surface area contributed by atoms with Crippen LogP contribution in [0.4, 0.5) is 15.9 Å². The molecule has 2 N–H and O–H groups in total. The molecule has 11 heteroatoms. The van der Waals surface area contributed by atoms with Gasteiger partial charge in [-0.05, 0) is 44.0 Å². The first-order valence-corrected chi connectivity index (χ1v) is 14.0. The van der Waals surface area contributed by atoms with Gasteiger partial charge in [0.1, 0.15) is 22.8 Å². The van der Waals surface area contributed by atoms with E-state index >= 15 is 0 Å². The molecule has 0 aliphatic carbocycles. The Labute approximate surface area is 230 Å². The van der Waals surface area contributed by atoms with Crippen LogP contribution >= 0.6 is 22.9 Å². The second kappa shape index (κ2) is 11.6. The first-order chi connectivity index (χ1) is 18.3. The quantitative estimate of drug-likeness (QED) is 0.397. The summed E-state index contributed by atoms with van der Waals surface area (Å²) in [4.78, 5) is 28.1. The average molecular weight is 559 g/mol. The molecule has 202 valence electrons. The number of thiophene rings is 1. The lowest BCUT2D eigenvalue weighted by Gasteiger charge is -2.35. The van der Waals surface area contributed by atoms with E-state index in [1.54, 1.807) is 23.5 Å². The van der Waals surface area contributed by atoms with Gasteiger partial charge in [-0.25, -0.2) is 14.4 Å². The van der Waals surface area contributed by atoms with Crippen molar-refractivity contribution in [3.8, 4) is 0 Å². The number of aromatic nitrogens is 2. The summed E-state index contributed by atoms with van der Waals surface area (Å²) in [5.74, 6) is 0.191. The van der Waals surface area contributed by atoms with Crippen LogP contribution in [0.1, 0.15) is 24.3 Å². The Hall–Kier alpha value is -2.63. The number of morpholine rings is 1. The molecule has 1 aromatic carbocycles. The van der Waals surface area contributed by atoms with Crippen molar-refractivity contribution in [2.45, 2.75) is 32.4 Å². The van der Waals surface area contributed by atoms with E-state index in [-0.39, 0.29) is 16.5 Å². The third-order valence-electron chi connectivity index (χ3n) is 6.81. The van der Waals surface area contributed by atoms with Crippen LogP contribution in [0.5, 0.6) is 0 Å². The van der Waals surface area contributed by atoms with E-state index in [9.17, 15) is 9.18 Å². The van der Waals surface area contributed by atoms with Crippen LogP contribution < -0.4 is 10.6 Å². The van der Waals surface area contributed by atoms with Crippen LogP contribution in [-0.2, 0) is 22.5 Å². The molecule has 2 aliphatic heterocycles. The molecule has 1 saturated heterocycles. The van der Waals surface area contributed by atoms with Gasteiger partial charge in [-0.2, -0.15) is 0 Å². The lowest BCUT2D eigenvalue weighted by atomic mass is 10.0. The maximum atomic E-state index is 13.6. The van der Waals surface area contributed by atoms with E-state index < -0.39 is 5.82 Å². The number of ether oxygens (including phenoxy) is 1. The highest BCUT2D eigenvalue weighted by Crippen LogP contribution is 2.38. The third kappa shape index (κ3) is 6.32. The summed E-state index contributed by atoms with van der Waals surface area (Å²) >= 11 is 7.53. The van der Waals surface area contributed by atoms with Crippen LogP contribution in [-0.4, -0.2) is 77.2 Å². The molecule has 1 fully saturated rings. The molecule has 5 rings (SSSR count). The largest absolute Gasteiger partial charge is 0.379 e. The van der Waals surface area contributed by atoms with Gasteiger partial charge in [0.2, 0.25) is 5.91 Å². The molecule has 0 spiro atoms. The number of fused-ring (bicyclic) bond motifs is 3. The molecule has 0 atom stereocenters. The fourth-order valence-electron chi connectivity index (χ4n) is 4.90. The standard InChI is InChI=1S/C27H32ClFN6O2S/c1-27(2,16-34-10-12-37-13-11-34)32-8-3-4-23(36)35-9-7-19-22(15-35)38-26-24(19)25(30-17-31-26)33-18-5-6-21(29)20(28)14-18/h3-6,14,17,32H,7-13,15-16H2,1-2H3,(H,30,31,33)/b4-3+. The lowest BCUT2D eigenvalue weighted by Crippen LogP contribution is -2.51. The molecule has 0 saturated carbocycles. The van der Waals surface area contributed by atoms with E-state index in [0.29, 0.717) is 37.6 Å². The number of hydrogen-bond donors (Lipinski definition) is 2. The van der Waals surface area contributed by atoms with E-state index in [2.05, 4.69) is 39.3 Å². The molecule has 8 nitrogen and oxygen atoms in total. The van der Waals surface area contributed by atoms with E-state index in [0.717, 1.165) is 53.5 Å². The Bertz CT molecular complexity index is 1340. The normalized spacial score (nSPS) is 16.8. The lowest BCUT2D eigenvalue weighted by molar-refractivity contribution is -0.126. The van der Waals surface area contributed by atoms with Crippen molar-refractivity contribution in [3.63, 3.8) is 0 Å². The van der Waals surface area contributed by atoms with Gasteiger partial charge in [0, 0.05) is 54.9 Å². The molecule has 2 aromatic heterocycles. The van der Waals surface area contributed by atoms with Crippen molar-refractivity contribution >= 4 is 50.6 Å². The summed E-state index contributed by atoms with van der Waals surface area (Å²) in [6.45, 7) is 10.6. The van der Waals surface area contributed by atoms with Crippen molar-refractivity contribution < 1.29 is 13.9 Å². The SMILES string of the molecule is CC(C)(CN1CCOCC1)NC/C=C/C(=O)N1CCc2c(sc3ncnc(Nc4ccc(F)c(Cl)c4)c23)C1. The number of carbonyl (C=O) groups excluding carboxylic acids is 1. The summed E-state index contributed by atoms with van der Waals surface area (Å²) in [6, 6.07) is 4.48. The number of anilines is 2. The van der Waals surface area contributed by atoms with Crippen LogP contribution in [0.25, 0.3) is 10.2 Å². The molecule has 1 amide bonds. The minimum Gasteiger partial charge on any atom is -0.379 e. The van der Waals surface area contributed by atoms with Crippen molar-refractivity contribution in [2.75, 3.05) is 51.3 Å². The molecule has 0 unspecified atom stereocenters. The Morgan fingerprint density at radius 2 is 2.08 bits per heavy atom. The number of carbonyl (C=O) groups is 1. The second-order valence-corrected chi connectivity index (χ2v) is 11.7. The highest BCUT2D eigenvalue weighted by Gasteiger charge is 2.26. The van der Waals surface area contributed by atoms with E-state index in [1.807, 2.05) is 11.0 Å². The second-order valence-electron chi connectivity index (χ2n) is 10.2. The zero-order chi connectivity index (χ0) is 26.7. The highest BCUT2D eigenvalue weighted by atomic mass is 35.5. The van der Waals surface area contributed by atoms with Gasteiger partial charge in [-0.15, -0.1) is 11.3 Å². The number of rotatable bonds is 8. The fourth-order valence-corrected chi connectivity index (χ4v) is 6.28. The van der Waals surface area contributed by atoms with Gasteiger partial charge < -0.3 is 20.3 Å². The topological polar surface area (TPSA) is 82.6 Å². The Kier molecular flexibility index (Phi) is 8.25.